The predicted molar refractivity (Wildman–Crippen MR) is 103 cm³/mol. The molecule has 0 radical (unpaired) electrons. The molecule has 1 heterocycles. The smallest absolute Gasteiger partial charge is 0.295 e. The molecule has 3 aromatic rings. The average molecular weight is 390 g/mol. The summed E-state index contributed by atoms with van der Waals surface area (Å²) in [6.45, 7) is -0.322. The molecule has 2 aromatic carbocycles. The summed E-state index contributed by atoms with van der Waals surface area (Å²) in [7, 11) is 0. The number of amides is 2. The van der Waals surface area contributed by atoms with Gasteiger partial charge in [-0.15, -0.1) is 6.42 Å². The summed E-state index contributed by atoms with van der Waals surface area (Å²) in [6.07, 6.45) is 7.86. The Kier molecular flexibility index (Phi) is 5.61. The fourth-order valence-electron chi connectivity index (χ4n) is 2.49. The van der Waals surface area contributed by atoms with E-state index in [1.807, 2.05) is 0 Å². The molecule has 0 spiro atoms. The van der Waals surface area contributed by atoms with Crippen molar-refractivity contribution in [3.05, 3.63) is 76.4 Å². The zero-order valence-electron chi connectivity index (χ0n) is 14.9. The highest BCUT2D eigenvalue weighted by molar-refractivity contribution is 6.00. The maximum absolute atomic E-state index is 12.3. The molecule has 0 aliphatic carbocycles. The zero-order chi connectivity index (χ0) is 20.8. The van der Waals surface area contributed by atoms with Crippen LogP contribution in [0.5, 0.6) is 0 Å². The first-order valence-corrected chi connectivity index (χ1v) is 8.26. The second-order valence-corrected chi connectivity index (χ2v) is 5.76. The number of carbonyl (C=O) groups excluding carboxylic acids is 2. The second kappa shape index (κ2) is 8.45. The topological polar surface area (TPSA) is 132 Å². The van der Waals surface area contributed by atoms with Gasteiger partial charge in [-0.05, 0) is 30.3 Å². The number of nitrogens with zero attached hydrogens (tertiary/aromatic N) is 4. The minimum absolute atomic E-state index is 0.0303. The van der Waals surface area contributed by atoms with Crippen molar-refractivity contribution in [3.8, 4) is 18.0 Å². The highest BCUT2D eigenvalue weighted by Crippen LogP contribution is 2.23. The molecule has 144 valence electrons. The third kappa shape index (κ3) is 4.61. The Hall–Kier alpha value is -4.52. The molecule has 3 rings (SSSR count). The van der Waals surface area contributed by atoms with E-state index in [1.165, 1.54) is 29.5 Å². The molecule has 2 amide bonds. The number of carbonyl (C=O) groups is 2. The molecular formula is C19H14N6O4. The zero-order valence-corrected chi connectivity index (χ0v) is 14.9. The van der Waals surface area contributed by atoms with Crippen LogP contribution in [0.15, 0.2) is 55.1 Å². The molecule has 0 aliphatic rings. The Morgan fingerprint density at radius 2 is 2.07 bits per heavy atom. The Balaban J connectivity index is 1.67. The Morgan fingerprint density at radius 1 is 1.24 bits per heavy atom. The summed E-state index contributed by atoms with van der Waals surface area (Å²) >= 11 is 0. The van der Waals surface area contributed by atoms with Gasteiger partial charge in [-0.3, -0.25) is 19.7 Å². The minimum Gasteiger partial charge on any atom is -0.343 e. The lowest BCUT2D eigenvalue weighted by Gasteiger charge is -2.08. The van der Waals surface area contributed by atoms with Crippen LogP contribution in [0.3, 0.4) is 0 Å². The lowest BCUT2D eigenvalue weighted by atomic mass is 10.1. The Labute approximate surface area is 164 Å². The van der Waals surface area contributed by atoms with Gasteiger partial charge in [0.05, 0.1) is 11.5 Å². The van der Waals surface area contributed by atoms with E-state index < -0.39 is 16.7 Å². The minimum atomic E-state index is -0.634. The van der Waals surface area contributed by atoms with Gasteiger partial charge >= 0.3 is 0 Å². The van der Waals surface area contributed by atoms with Crippen LogP contribution in [0.2, 0.25) is 0 Å². The molecule has 0 aliphatic heterocycles. The van der Waals surface area contributed by atoms with Crippen molar-refractivity contribution in [2.75, 3.05) is 11.9 Å². The van der Waals surface area contributed by atoms with Crippen molar-refractivity contribution in [2.45, 2.75) is 0 Å². The van der Waals surface area contributed by atoms with E-state index in [-0.39, 0.29) is 23.5 Å². The van der Waals surface area contributed by atoms with Gasteiger partial charge in [0.25, 0.3) is 11.6 Å². The second-order valence-electron chi connectivity index (χ2n) is 5.76. The summed E-state index contributed by atoms with van der Waals surface area (Å²) in [6, 6.07) is 10.6. The van der Waals surface area contributed by atoms with E-state index in [0.29, 0.717) is 11.3 Å². The van der Waals surface area contributed by atoms with Gasteiger partial charge in [0.15, 0.2) is 0 Å². The summed E-state index contributed by atoms with van der Waals surface area (Å²) in [4.78, 5) is 38.8. The number of hydrogen-bond acceptors (Lipinski definition) is 6. The van der Waals surface area contributed by atoms with E-state index in [1.54, 1.807) is 24.3 Å². The van der Waals surface area contributed by atoms with Crippen molar-refractivity contribution >= 4 is 23.2 Å². The molecule has 0 saturated heterocycles. The summed E-state index contributed by atoms with van der Waals surface area (Å²) in [5, 5.41) is 20.2. The first-order valence-electron chi connectivity index (χ1n) is 8.26. The quantitative estimate of drug-likeness (QED) is 0.373. The number of nitro benzene ring substituents is 1. The van der Waals surface area contributed by atoms with E-state index >= 15 is 0 Å². The highest BCUT2D eigenvalue weighted by atomic mass is 16.6. The molecule has 1 aromatic heterocycles. The standard InChI is InChI=1S/C19H14N6O4/c1-2-13-4-3-5-15(8-13)23-18(26)10-21-19(27)14-6-7-16(17(9-14)25(28)29)24-12-20-11-22-24/h1,3-9,11-12H,10H2,(H,21,27)(H,23,26). The van der Waals surface area contributed by atoms with Gasteiger partial charge in [-0.2, -0.15) is 5.10 Å². The van der Waals surface area contributed by atoms with Crippen molar-refractivity contribution in [1.82, 2.24) is 20.1 Å². The lowest BCUT2D eigenvalue weighted by Crippen LogP contribution is -2.32. The molecule has 29 heavy (non-hydrogen) atoms. The average Bonchev–Trinajstić information content (AvgIpc) is 3.26. The number of rotatable bonds is 6. The molecule has 0 unspecified atom stereocenters. The number of aromatic nitrogens is 3. The van der Waals surface area contributed by atoms with Crippen LogP contribution in [-0.2, 0) is 4.79 Å². The van der Waals surface area contributed by atoms with Crippen molar-refractivity contribution in [2.24, 2.45) is 0 Å². The molecule has 2 N–H and O–H groups in total. The van der Waals surface area contributed by atoms with Crippen molar-refractivity contribution in [1.29, 1.82) is 0 Å². The van der Waals surface area contributed by atoms with Crippen LogP contribution in [-0.4, -0.2) is 38.0 Å². The number of benzene rings is 2. The van der Waals surface area contributed by atoms with Gasteiger partial charge in [0.1, 0.15) is 18.3 Å². The van der Waals surface area contributed by atoms with Crippen LogP contribution in [0, 0.1) is 22.5 Å². The van der Waals surface area contributed by atoms with Gasteiger partial charge < -0.3 is 10.6 Å². The van der Waals surface area contributed by atoms with Crippen LogP contribution in [0.4, 0.5) is 11.4 Å². The van der Waals surface area contributed by atoms with Crippen molar-refractivity contribution in [3.63, 3.8) is 0 Å². The number of nitrogens with one attached hydrogen (secondary N) is 2. The van der Waals surface area contributed by atoms with Crippen LogP contribution in [0.25, 0.3) is 5.69 Å². The highest BCUT2D eigenvalue weighted by Gasteiger charge is 2.19. The van der Waals surface area contributed by atoms with E-state index in [9.17, 15) is 19.7 Å². The van der Waals surface area contributed by atoms with E-state index in [0.717, 1.165) is 6.07 Å². The molecule has 0 saturated carbocycles. The summed E-state index contributed by atoms with van der Waals surface area (Å²) in [5.41, 5.74) is 0.968. The third-order valence-corrected chi connectivity index (χ3v) is 3.82. The normalized spacial score (nSPS) is 10.0. The third-order valence-electron chi connectivity index (χ3n) is 3.82. The predicted octanol–water partition coefficient (Wildman–Crippen LogP) is 1.53. The SMILES string of the molecule is C#Cc1cccc(NC(=O)CNC(=O)c2ccc(-n3cncn3)c([N+](=O)[O-])c2)c1. The summed E-state index contributed by atoms with van der Waals surface area (Å²) in [5.74, 6) is 1.35. The number of nitro groups is 1. The Bertz CT molecular complexity index is 1120. The number of anilines is 1. The maximum Gasteiger partial charge on any atom is 0.295 e. The molecule has 10 nitrogen and oxygen atoms in total. The van der Waals surface area contributed by atoms with Gasteiger partial charge in [0, 0.05) is 22.9 Å². The van der Waals surface area contributed by atoms with Crippen molar-refractivity contribution < 1.29 is 14.5 Å². The molecule has 10 heteroatoms. The molecular weight excluding hydrogens is 376 g/mol. The largest absolute Gasteiger partial charge is 0.343 e. The first kappa shape index (κ1) is 19.2. The summed E-state index contributed by atoms with van der Waals surface area (Å²) < 4.78 is 1.22. The van der Waals surface area contributed by atoms with Gasteiger partial charge in [-0.1, -0.05) is 12.0 Å². The monoisotopic (exact) mass is 390 g/mol. The molecule has 0 bridgehead atoms. The van der Waals surface area contributed by atoms with E-state index in [2.05, 4.69) is 26.6 Å². The number of hydrogen-bond donors (Lipinski definition) is 2. The fourth-order valence-corrected chi connectivity index (χ4v) is 2.49. The number of terminal acetylenes is 1. The van der Waals surface area contributed by atoms with Gasteiger partial charge in [-0.25, -0.2) is 9.67 Å². The van der Waals surface area contributed by atoms with E-state index in [4.69, 9.17) is 6.42 Å². The Morgan fingerprint density at radius 3 is 2.76 bits per heavy atom. The lowest BCUT2D eigenvalue weighted by molar-refractivity contribution is -0.384. The first-order chi connectivity index (χ1) is 14.0. The van der Waals surface area contributed by atoms with Crippen LogP contribution in [0.1, 0.15) is 15.9 Å². The maximum atomic E-state index is 12.3. The fraction of sp³-hybridized carbons (Fsp3) is 0.0526. The van der Waals surface area contributed by atoms with Crippen LogP contribution < -0.4 is 10.6 Å². The molecule has 0 atom stereocenters. The molecule has 0 fully saturated rings. The van der Waals surface area contributed by atoms with Gasteiger partial charge in [0.2, 0.25) is 5.91 Å². The van der Waals surface area contributed by atoms with Crippen LogP contribution >= 0.6 is 0 Å².